The van der Waals surface area contributed by atoms with E-state index in [4.69, 9.17) is 10.5 Å². The lowest BCUT2D eigenvalue weighted by Crippen LogP contribution is -1.99. The highest BCUT2D eigenvalue weighted by Crippen LogP contribution is 2.11. The van der Waals surface area contributed by atoms with Crippen molar-refractivity contribution in [1.29, 1.82) is 0 Å². The summed E-state index contributed by atoms with van der Waals surface area (Å²) in [5, 5.41) is 0. The first-order valence-corrected chi connectivity index (χ1v) is 9.82. The quantitative estimate of drug-likeness (QED) is 0.388. The van der Waals surface area contributed by atoms with Gasteiger partial charge >= 0.3 is 0 Å². The molecule has 0 amide bonds. The Morgan fingerprint density at radius 3 is 2.57 bits per heavy atom. The van der Waals surface area contributed by atoms with Crippen molar-refractivity contribution >= 4 is 17.8 Å². The van der Waals surface area contributed by atoms with E-state index < -0.39 is 0 Å². The predicted octanol–water partition coefficient (Wildman–Crippen LogP) is 5.68. The molecule has 0 aliphatic carbocycles. The van der Waals surface area contributed by atoms with Crippen LogP contribution < -0.4 is 5.73 Å². The van der Waals surface area contributed by atoms with Gasteiger partial charge in [0.2, 0.25) is 0 Å². The Kier molecular flexibility index (Phi) is 7.39. The number of benzene rings is 2. The third-order valence-electron chi connectivity index (χ3n) is 4.56. The van der Waals surface area contributed by atoms with Crippen molar-refractivity contribution in [2.45, 2.75) is 32.8 Å². The van der Waals surface area contributed by atoms with Gasteiger partial charge in [0.25, 0.3) is 0 Å². The van der Waals surface area contributed by atoms with Crippen LogP contribution in [-0.2, 0) is 17.8 Å². The van der Waals surface area contributed by atoms with E-state index in [0.29, 0.717) is 6.61 Å². The standard InChI is InChI=1S/C25H28N2O/c1-20-11-13-21(14-12-20)6-2-3-17-28-19-25-10-5-9-24(27-25)16-15-22-7-4-8-23(26)18-22/h4-5,7-16,18H,2-3,6,17,19,26H2,1H3/b16-15-. The second-order valence-electron chi connectivity index (χ2n) is 7.05. The zero-order chi connectivity index (χ0) is 19.6. The van der Waals surface area contributed by atoms with E-state index in [1.807, 2.05) is 54.6 Å². The van der Waals surface area contributed by atoms with E-state index in [9.17, 15) is 0 Å². The Balaban J connectivity index is 1.40. The molecule has 3 nitrogen and oxygen atoms in total. The largest absolute Gasteiger partial charge is 0.399 e. The summed E-state index contributed by atoms with van der Waals surface area (Å²) >= 11 is 0. The smallest absolute Gasteiger partial charge is 0.0888 e. The summed E-state index contributed by atoms with van der Waals surface area (Å²) in [4.78, 5) is 4.64. The van der Waals surface area contributed by atoms with Crippen molar-refractivity contribution in [2.75, 3.05) is 12.3 Å². The summed E-state index contributed by atoms with van der Waals surface area (Å²) < 4.78 is 5.81. The van der Waals surface area contributed by atoms with Crippen LogP contribution in [0.4, 0.5) is 5.69 Å². The number of hydrogen-bond acceptors (Lipinski definition) is 3. The van der Waals surface area contributed by atoms with Crippen LogP contribution in [0.1, 0.15) is 40.9 Å². The lowest BCUT2D eigenvalue weighted by molar-refractivity contribution is 0.114. The predicted molar refractivity (Wildman–Crippen MR) is 118 cm³/mol. The molecule has 0 unspecified atom stereocenters. The van der Waals surface area contributed by atoms with Crippen molar-refractivity contribution < 1.29 is 4.74 Å². The molecular weight excluding hydrogens is 344 g/mol. The lowest BCUT2D eigenvalue weighted by atomic mass is 10.1. The summed E-state index contributed by atoms with van der Waals surface area (Å²) in [6.07, 6.45) is 7.32. The molecule has 0 spiro atoms. The third kappa shape index (κ3) is 6.67. The second kappa shape index (κ2) is 10.4. The van der Waals surface area contributed by atoms with E-state index >= 15 is 0 Å². The van der Waals surface area contributed by atoms with Crippen LogP contribution in [0.25, 0.3) is 12.2 Å². The van der Waals surface area contributed by atoms with E-state index in [1.165, 1.54) is 11.1 Å². The van der Waals surface area contributed by atoms with Gasteiger partial charge in [0, 0.05) is 12.3 Å². The maximum absolute atomic E-state index is 5.81. The zero-order valence-electron chi connectivity index (χ0n) is 16.5. The maximum Gasteiger partial charge on any atom is 0.0888 e. The van der Waals surface area contributed by atoms with Gasteiger partial charge in [0.05, 0.1) is 18.0 Å². The average Bonchev–Trinajstić information content (AvgIpc) is 2.71. The van der Waals surface area contributed by atoms with Gasteiger partial charge in [0.15, 0.2) is 0 Å². The number of nitrogens with zero attached hydrogens (tertiary/aromatic N) is 1. The Bertz CT molecular complexity index is 900. The Morgan fingerprint density at radius 2 is 1.75 bits per heavy atom. The summed E-state index contributed by atoms with van der Waals surface area (Å²) in [6.45, 7) is 3.43. The molecule has 0 saturated heterocycles. The number of aromatic nitrogens is 1. The fraction of sp³-hybridized carbons (Fsp3) is 0.240. The first kappa shape index (κ1) is 19.8. The Morgan fingerprint density at radius 1 is 0.929 bits per heavy atom. The molecule has 0 radical (unpaired) electrons. The zero-order valence-corrected chi connectivity index (χ0v) is 16.5. The van der Waals surface area contributed by atoms with Crippen LogP contribution in [0.15, 0.2) is 66.7 Å². The van der Waals surface area contributed by atoms with Gasteiger partial charge in [0.1, 0.15) is 0 Å². The average molecular weight is 373 g/mol. The molecule has 3 rings (SSSR count). The molecule has 1 heterocycles. The van der Waals surface area contributed by atoms with Crippen molar-refractivity contribution in [2.24, 2.45) is 0 Å². The number of hydrogen-bond donors (Lipinski definition) is 1. The minimum absolute atomic E-state index is 0.546. The van der Waals surface area contributed by atoms with Crippen LogP contribution in [0.5, 0.6) is 0 Å². The van der Waals surface area contributed by atoms with Gasteiger partial charge < -0.3 is 10.5 Å². The molecule has 0 aliphatic heterocycles. The van der Waals surface area contributed by atoms with Crippen molar-refractivity contribution in [1.82, 2.24) is 4.98 Å². The van der Waals surface area contributed by atoms with Gasteiger partial charge in [-0.15, -0.1) is 0 Å². The van der Waals surface area contributed by atoms with Gasteiger partial charge in [-0.2, -0.15) is 0 Å². The number of nitrogen functional groups attached to an aromatic ring is 1. The minimum Gasteiger partial charge on any atom is -0.399 e. The molecule has 0 atom stereocenters. The molecule has 0 bridgehead atoms. The van der Waals surface area contributed by atoms with Crippen LogP contribution in [-0.4, -0.2) is 11.6 Å². The first-order chi connectivity index (χ1) is 13.7. The van der Waals surface area contributed by atoms with Crippen molar-refractivity contribution in [3.05, 3.63) is 94.8 Å². The number of unbranched alkanes of at least 4 members (excludes halogenated alkanes) is 1. The molecule has 28 heavy (non-hydrogen) atoms. The lowest BCUT2D eigenvalue weighted by Gasteiger charge is -2.05. The highest BCUT2D eigenvalue weighted by Gasteiger charge is 1.98. The van der Waals surface area contributed by atoms with Crippen LogP contribution in [0.3, 0.4) is 0 Å². The summed E-state index contributed by atoms with van der Waals surface area (Å²) in [5.74, 6) is 0. The van der Waals surface area contributed by atoms with E-state index in [-0.39, 0.29) is 0 Å². The highest BCUT2D eigenvalue weighted by atomic mass is 16.5. The SMILES string of the molecule is Cc1ccc(CCCCOCc2cccc(/C=C\c3cccc(N)c3)n2)cc1. The van der Waals surface area contributed by atoms with Crippen molar-refractivity contribution in [3.63, 3.8) is 0 Å². The number of anilines is 1. The number of ether oxygens (including phenoxy) is 1. The summed E-state index contributed by atoms with van der Waals surface area (Å²) in [5.41, 5.74) is 12.2. The monoisotopic (exact) mass is 372 g/mol. The number of rotatable bonds is 9. The summed E-state index contributed by atoms with van der Waals surface area (Å²) in [6, 6.07) is 22.6. The molecule has 0 saturated carbocycles. The topological polar surface area (TPSA) is 48.1 Å². The normalized spacial score (nSPS) is 11.2. The molecule has 3 aromatic rings. The van der Waals surface area contributed by atoms with E-state index in [2.05, 4.69) is 36.2 Å². The Labute approximate surface area is 167 Å². The number of nitrogens with two attached hydrogens (primary N) is 1. The van der Waals surface area contributed by atoms with Crippen LogP contribution in [0, 0.1) is 6.92 Å². The fourth-order valence-electron chi connectivity index (χ4n) is 2.98. The first-order valence-electron chi connectivity index (χ1n) is 9.82. The van der Waals surface area contributed by atoms with Gasteiger partial charge in [-0.3, -0.25) is 4.98 Å². The molecular formula is C25H28N2O. The molecule has 2 N–H and O–H groups in total. The number of pyridine rings is 1. The van der Waals surface area contributed by atoms with E-state index in [1.54, 1.807) is 0 Å². The van der Waals surface area contributed by atoms with Crippen LogP contribution in [0.2, 0.25) is 0 Å². The second-order valence-corrected chi connectivity index (χ2v) is 7.05. The molecule has 0 aliphatic rings. The molecule has 0 fully saturated rings. The minimum atomic E-state index is 0.546. The fourth-order valence-corrected chi connectivity index (χ4v) is 2.98. The maximum atomic E-state index is 5.81. The van der Waals surface area contributed by atoms with Crippen molar-refractivity contribution in [3.8, 4) is 0 Å². The third-order valence-corrected chi connectivity index (χ3v) is 4.56. The van der Waals surface area contributed by atoms with Gasteiger partial charge in [-0.05, 0) is 67.7 Å². The molecule has 144 valence electrons. The Hall–Kier alpha value is -2.91. The van der Waals surface area contributed by atoms with Crippen LogP contribution >= 0.6 is 0 Å². The highest BCUT2D eigenvalue weighted by molar-refractivity contribution is 5.69. The molecule has 3 heteroatoms. The van der Waals surface area contributed by atoms with Gasteiger partial charge in [-0.1, -0.05) is 54.1 Å². The molecule has 2 aromatic carbocycles. The number of aryl methyl sites for hydroxylation is 2. The molecule has 1 aromatic heterocycles. The van der Waals surface area contributed by atoms with E-state index in [0.717, 1.165) is 48.5 Å². The summed E-state index contributed by atoms with van der Waals surface area (Å²) in [7, 11) is 0. The van der Waals surface area contributed by atoms with Gasteiger partial charge in [-0.25, -0.2) is 0 Å².